The standard InChI is InChI=1S/C16H20N4O2S/c21-16-20(7-3-11-22-16)10-9-19-8-6-17-14(19)15-18-12-4-1-2-5-13(12)23-15/h6,8H,1-5,7,9-11H2. The highest BCUT2D eigenvalue weighted by Crippen LogP contribution is 2.31. The highest BCUT2D eigenvalue weighted by molar-refractivity contribution is 7.15. The van der Waals surface area contributed by atoms with E-state index in [9.17, 15) is 4.79 Å². The van der Waals surface area contributed by atoms with Gasteiger partial charge in [-0.15, -0.1) is 11.3 Å². The lowest BCUT2D eigenvalue weighted by Crippen LogP contribution is -2.39. The molecule has 6 nitrogen and oxygen atoms in total. The summed E-state index contributed by atoms with van der Waals surface area (Å²) in [5, 5.41) is 1.00. The molecule has 1 amide bonds. The van der Waals surface area contributed by atoms with Crippen LogP contribution in [0.1, 0.15) is 29.8 Å². The molecule has 2 aromatic rings. The summed E-state index contributed by atoms with van der Waals surface area (Å²) in [7, 11) is 0. The van der Waals surface area contributed by atoms with Gasteiger partial charge in [-0.3, -0.25) is 0 Å². The molecule has 0 spiro atoms. The zero-order valence-corrected chi connectivity index (χ0v) is 13.8. The maximum absolute atomic E-state index is 11.7. The lowest BCUT2D eigenvalue weighted by molar-refractivity contribution is 0.0717. The first kappa shape index (κ1) is 14.7. The van der Waals surface area contributed by atoms with E-state index in [0.717, 1.165) is 36.6 Å². The van der Waals surface area contributed by atoms with Gasteiger partial charge in [0.1, 0.15) is 0 Å². The van der Waals surface area contributed by atoms with Crippen molar-refractivity contribution in [1.29, 1.82) is 0 Å². The predicted octanol–water partition coefficient (Wildman–Crippen LogP) is 2.73. The molecule has 0 bridgehead atoms. The molecular formula is C16H20N4O2S. The molecule has 3 heterocycles. The summed E-state index contributed by atoms with van der Waals surface area (Å²) in [4.78, 5) is 24.2. The molecule has 1 aliphatic heterocycles. The number of carbonyl (C=O) groups is 1. The van der Waals surface area contributed by atoms with Gasteiger partial charge in [-0.05, 0) is 32.1 Å². The number of carbonyl (C=O) groups excluding carboxylic acids is 1. The van der Waals surface area contributed by atoms with Crippen LogP contribution in [-0.4, -0.2) is 45.2 Å². The fourth-order valence-corrected chi connectivity index (χ4v) is 4.33. The van der Waals surface area contributed by atoms with Crippen molar-refractivity contribution in [3.05, 3.63) is 23.0 Å². The number of fused-ring (bicyclic) bond motifs is 1. The van der Waals surface area contributed by atoms with Crippen LogP contribution in [0, 0.1) is 0 Å². The molecule has 4 rings (SSSR count). The summed E-state index contributed by atoms with van der Waals surface area (Å²) in [6, 6.07) is 0. The number of hydrogen-bond acceptors (Lipinski definition) is 5. The molecule has 2 aliphatic rings. The predicted molar refractivity (Wildman–Crippen MR) is 87.5 cm³/mol. The summed E-state index contributed by atoms with van der Waals surface area (Å²) in [6.45, 7) is 2.67. The molecule has 0 aromatic carbocycles. The Hall–Kier alpha value is -1.89. The first-order valence-electron chi connectivity index (χ1n) is 8.23. The third kappa shape index (κ3) is 2.97. The molecule has 1 aliphatic carbocycles. The number of amides is 1. The molecule has 0 saturated carbocycles. The third-order valence-electron chi connectivity index (χ3n) is 4.42. The molecule has 1 saturated heterocycles. The van der Waals surface area contributed by atoms with E-state index in [1.807, 2.05) is 12.4 Å². The number of aryl methyl sites for hydroxylation is 2. The minimum absolute atomic E-state index is 0.206. The van der Waals surface area contributed by atoms with Gasteiger partial charge in [-0.2, -0.15) is 0 Å². The Labute approximate surface area is 139 Å². The van der Waals surface area contributed by atoms with Crippen LogP contribution in [-0.2, 0) is 24.1 Å². The summed E-state index contributed by atoms with van der Waals surface area (Å²) < 4.78 is 7.17. The SMILES string of the molecule is O=C1OCCCN1CCn1ccnc1-c1nc2c(s1)CCCC2. The number of nitrogens with zero attached hydrogens (tertiary/aromatic N) is 4. The van der Waals surface area contributed by atoms with Gasteiger partial charge in [0.05, 0.1) is 12.3 Å². The van der Waals surface area contributed by atoms with Crippen LogP contribution in [0.4, 0.5) is 4.79 Å². The van der Waals surface area contributed by atoms with Gasteiger partial charge in [0, 0.05) is 36.9 Å². The van der Waals surface area contributed by atoms with E-state index in [2.05, 4.69) is 9.55 Å². The molecule has 1 fully saturated rings. The number of cyclic esters (lactones) is 1. The van der Waals surface area contributed by atoms with Crippen molar-refractivity contribution >= 4 is 17.4 Å². The van der Waals surface area contributed by atoms with Crippen LogP contribution in [0.2, 0.25) is 0 Å². The van der Waals surface area contributed by atoms with Crippen molar-refractivity contribution in [2.24, 2.45) is 0 Å². The van der Waals surface area contributed by atoms with Crippen LogP contribution in [0.15, 0.2) is 12.4 Å². The van der Waals surface area contributed by atoms with Crippen molar-refractivity contribution in [3.8, 4) is 10.8 Å². The normalized spacial score (nSPS) is 17.9. The van der Waals surface area contributed by atoms with E-state index < -0.39 is 0 Å². The Morgan fingerprint density at radius 2 is 2.13 bits per heavy atom. The quantitative estimate of drug-likeness (QED) is 0.864. The minimum Gasteiger partial charge on any atom is -0.449 e. The average Bonchev–Trinajstić information content (AvgIpc) is 3.20. The number of rotatable bonds is 4. The lowest BCUT2D eigenvalue weighted by atomic mass is 10.0. The number of aromatic nitrogens is 3. The van der Waals surface area contributed by atoms with Crippen LogP contribution >= 0.6 is 11.3 Å². The summed E-state index contributed by atoms with van der Waals surface area (Å²) in [6.07, 6.45) is 9.21. The average molecular weight is 332 g/mol. The first-order chi connectivity index (χ1) is 11.3. The molecule has 7 heteroatoms. The number of ether oxygens (including phenoxy) is 1. The smallest absolute Gasteiger partial charge is 0.409 e. The van der Waals surface area contributed by atoms with E-state index in [4.69, 9.17) is 9.72 Å². The summed E-state index contributed by atoms with van der Waals surface area (Å²) in [5.41, 5.74) is 1.26. The summed E-state index contributed by atoms with van der Waals surface area (Å²) in [5.74, 6) is 0.912. The number of imidazole rings is 1. The van der Waals surface area contributed by atoms with Crippen molar-refractivity contribution in [2.45, 2.75) is 38.6 Å². The molecule has 0 N–H and O–H groups in total. The second-order valence-electron chi connectivity index (χ2n) is 6.00. The monoisotopic (exact) mass is 332 g/mol. The largest absolute Gasteiger partial charge is 0.449 e. The fourth-order valence-electron chi connectivity index (χ4n) is 3.16. The Bertz CT molecular complexity index is 685. The molecule has 2 aromatic heterocycles. The van der Waals surface area contributed by atoms with E-state index in [0.29, 0.717) is 19.7 Å². The highest BCUT2D eigenvalue weighted by Gasteiger charge is 2.21. The van der Waals surface area contributed by atoms with Crippen molar-refractivity contribution < 1.29 is 9.53 Å². The Balaban J connectivity index is 1.49. The Kier molecular flexibility index (Phi) is 4.03. The van der Waals surface area contributed by atoms with Crippen molar-refractivity contribution in [1.82, 2.24) is 19.4 Å². The minimum atomic E-state index is -0.206. The Morgan fingerprint density at radius 3 is 3.00 bits per heavy atom. The van der Waals surface area contributed by atoms with E-state index in [-0.39, 0.29) is 6.09 Å². The van der Waals surface area contributed by atoms with Crippen molar-refractivity contribution in [3.63, 3.8) is 0 Å². The molecule has 122 valence electrons. The van der Waals surface area contributed by atoms with Crippen LogP contribution in [0.5, 0.6) is 0 Å². The van der Waals surface area contributed by atoms with Crippen LogP contribution in [0.25, 0.3) is 10.8 Å². The van der Waals surface area contributed by atoms with Gasteiger partial charge in [0.2, 0.25) is 0 Å². The summed E-state index contributed by atoms with van der Waals surface area (Å²) >= 11 is 1.77. The topological polar surface area (TPSA) is 60.2 Å². The van der Waals surface area contributed by atoms with E-state index >= 15 is 0 Å². The molecule has 0 radical (unpaired) electrons. The van der Waals surface area contributed by atoms with Gasteiger partial charge in [-0.1, -0.05) is 0 Å². The molecule has 0 atom stereocenters. The highest BCUT2D eigenvalue weighted by atomic mass is 32.1. The zero-order chi connectivity index (χ0) is 15.6. The van der Waals surface area contributed by atoms with E-state index in [1.54, 1.807) is 16.2 Å². The van der Waals surface area contributed by atoms with E-state index in [1.165, 1.54) is 23.4 Å². The van der Waals surface area contributed by atoms with Gasteiger partial charge in [-0.25, -0.2) is 14.8 Å². The maximum atomic E-state index is 11.7. The first-order valence-corrected chi connectivity index (χ1v) is 9.05. The number of hydrogen-bond donors (Lipinski definition) is 0. The van der Waals surface area contributed by atoms with Gasteiger partial charge in [0.25, 0.3) is 0 Å². The molecule has 23 heavy (non-hydrogen) atoms. The van der Waals surface area contributed by atoms with Crippen LogP contribution < -0.4 is 0 Å². The van der Waals surface area contributed by atoms with Gasteiger partial charge in [0.15, 0.2) is 10.8 Å². The maximum Gasteiger partial charge on any atom is 0.409 e. The van der Waals surface area contributed by atoms with Crippen molar-refractivity contribution in [2.75, 3.05) is 19.7 Å². The second kappa shape index (κ2) is 6.31. The second-order valence-corrected chi connectivity index (χ2v) is 7.08. The van der Waals surface area contributed by atoms with Crippen LogP contribution in [0.3, 0.4) is 0 Å². The lowest BCUT2D eigenvalue weighted by Gasteiger charge is -2.26. The number of thiazole rings is 1. The zero-order valence-electron chi connectivity index (χ0n) is 13.0. The molecular weight excluding hydrogens is 312 g/mol. The molecule has 0 unspecified atom stereocenters. The third-order valence-corrected chi connectivity index (χ3v) is 5.57. The Morgan fingerprint density at radius 1 is 1.22 bits per heavy atom. The van der Waals surface area contributed by atoms with Gasteiger partial charge < -0.3 is 14.2 Å². The van der Waals surface area contributed by atoms with Gasteiger partial charge >= 0.3 is 6.09 Å². The fraction of sp³-hybridized carbons (Fsp3) is 0.562.